The molecule has 0 aliphatic carbocycles. The van der Waals surface area contributed by atoms with Gasteiger partial charge in [0.15, 0.2) is 11.6 Å². The number of halogens is 3. The molecule has 0 saturated heterocycles. The molecule has 92 valence electrons. The molecule has 1 N–H and O–H groups in total. The van der Waals surface area contributed by atoms with Crippen molar-refractivity contribution in [3.63, 3.8) is 0 Å². The molecule has 6 nitrogen and oxygen atoms in total. The average Bonchev–Trinajstić information content (AvgIpc) is 2.19. The van der Waals surface area contributed by atoms with E-state index in [0.29, 0.717) is 12.1 Å². The number of non-ortho nitro benzene ring substituents is 1. The van der Waals surface area contributed by atoms with Crippen molar-refractivity contribution in [3.05, 3.63) is 33.6 Å². The summed E-state index contributed by atoms with van der Waals surface area (Å²) in [7, 11) is 0. The molecule has 9 heteroatoms. The Morgan fingerprint density at radius 3 is 2.47 bits per heavy atom. The molecule has 0 radical (unpaired) electrons. The van der Waals surface area contributed by atoms with Gasteiger partial charge in [-0.15, -0.1) is 0 Å². The predicted octanol–water partition coefficient (Wildman–Crippen LogP) is 2.03. The van der Waals surface area contributed by atoms with Crippen molar-refractivity contribution < 1.29 is 32.7 Å². The zero-order valence-electron chi connectivity index (χ0n) is 7.89. The third kappa shape index (κ3) is 2.83. The van der Waals surface area contributed by atoms with Crippen LogP contribution < -0.4 is 4.74 Å². The highest BCUT2D eigenvalue weighted by molar-refractivity contribution is 5.89. The Hall–Kier alpha value is -2.32. The van der Waals surface area contributed by atoms with Crippen LogP contribution in [0.3, 0.4) is 0 Å². The largest absolute Gasteiger partial charge is 0.478 e. The van der Waals surface area contributed by atoms with Gasteiger partial charge in [0.1, 0.15) is 5.56 Å². The molecule has 0 unspecified atom stereocenters. The summed E-state index contributed by atoms with van der Waals surface area (Å²) in [5.74, 6) is -4.61. The third-order valence-electron chi connectivity index (χ3n) is 1.68. The van der Waals surface area contributed by atoms with Crippen molar-refractivity contribution in [1.29, 1.82) is 0 Å². The Bertz CT molecular complexity index is 476. The number of aromatic carboxylic acids is 1. The number of benzene rings is 1. The van der Waals surface area contributed by atoms with Crippen LogP contribution in [0.5, 0.6) is 5.75 Å². The molecule has 0 saturated carbocycles. The molecule has 0 fully saturated rings. The first-order valence-electron chi connectivity index (χ1n) is 3.99. The Labute approximate surface area is 91.4 Å². The fraction of sp³-hybridized carbons (Fsp3) is 0.125. The van der Waals surface area contributed by atoms with Crippen LogP contribution in [0.2, 0.25) is 0 Å². The van der Waals surface area contributed by atoms with Gasteiger partial charge < -0.3 is 9.84 Å². The number of nitro groups is 1. The summed E-state index contributed by atoms with van der Waals surface area (Å²) in [5.41, 5.74) is -1.98. The molecule has 1 aromatic rings. The van der Waals surface area contributed by atoms with Crippen LogP contribution in [0.4, 0.5) is 18.9 Å². The summed E-state index contributed by atoms with van der Waals surface area (Å²) >= 11 is 0. The third-order valence-corrected chi connectivity index (χ3v) is 1.68. The van der Waals surface area contributed by atoms with Gasteiger partial charge in [-0.1, -0.05) is 0 Å². The van der Waals surface area contributed by atoms with Crippen LogP contribution in [0.25, 0.3) is 0 Å². The summed E-state index contributed by atoms with van der Waals surface area (Å²) in [5, 5.41) is 18.9. The van der Waals surface area contributed by atoms with Gasteiger partial charge in [0.2, 0.25) is 0 Å². The molecule has 0 spiro atoms. The molecule has 0 aromatic heterocycles. The Morgan fingerprint density at radius 1 is 1.47 bits per heavy atom. The normalized spacial score (nSPS) is 10.4. The van der Waals surface area contributed by atoms with Crippen LogP contribution in [-0.2, 0) is 0 Å². The van der Waals surface area contributed by atoms with Gasteiger partial charge in [-0.25, -0.2) is 9.18 Å². The maximum absolute atomic E-state index is 13.3. The maximum Gasteiger partial charge on any atom is 0.387 e. The highest BCUT2D eigenvalue weighted by Crippen LogP contribution is 2.28. The van der Waals surface area contributed by atoms with E-state index in [-0.39, 0.29) is 0 Å². The number of rotatable bonds is 4. The van der Waals surface area contributed by atoms with Crippen LogP contribution >= 0.6 is 0 Å². The van der Waals surface area contributed by atoms with E-state index in [1.165, 1.54) is 0 Å². The molecule has 17 heavy (non-hydrogen) atoms. The lowest BCUT2D eigenvalue weighted by Gasteiger charge is -2.07. The summed E-state index contributed by atoms with van der Waals surface area (Å²) in [6.45, 7) is -3.42. The van der Waals surface area contributed by atoms with E-state index >= 15 is 0 Å². The quantitative estimate of drug-likeness (QED) is 0.653. The first-order valence-corrected chi connectivity index (χ1v) is 3.99. The molecule has 0 heterocycles. The van der Waals surface area contributed by atoms with Crippen molar-refractivity contribution in [2.45, 2.75) is 6.61 Å². The minimum Gasteiger partial charge on any atom is -0.478 e. The SMILES string of the molecule is O=C(O)c1cc([N+](=O)[O-])cc(OC(F)F)c1F. The molecule has 0 atom stereocenters. The zero-order valence-corrected chi connectivity index (χ0v) is 7.89. The van der Waals surface area contributed by atoms with Crippen molar-refractivity contribution in [2.75, 3.05) is 0 Å². The number of carbonyl (C=O) groups is 1. The van der Waals surface area contributed by atoms with Crippen LogP contribution in [-0.4, -0.2) is 22.6 Å². The van der Waals surface area contributed by atoms with Crippen LogP contribution in [0.15, 0.2) is 12.1 Å². The highest BCUT2D eigenvalue weighted by atomic mass is 19.3. The van der Waals surface area contributed by atoms with Crippen LogP contribution in [0.1, 0.15) is 10.4 Å². The molecule has 0 amide bonds. The number of ether oxygens (including phenoxy) is 1. The minimum absolute atomic E-state index is 0.383. The lowest BCUT2D eigenvalue weighted by Crippen LogP contribution is -2.09. The van der Waals surface area contributed by atoms with Crippen molar-refractivity contribution in [2.24, 2.45) is 0 Å². The van der Waals surface area contributed by atoms with Crippen LogP contribution in [0, 0.1) is 15.9 Å². The number of alkyl halides is 2. The second-order valence-electron chi connectivity index (χ2n) is 2.75. The van der Waals surface area contributed by atoms with Gasteiger partial charge in [0, 0.05) is 6.07 Å². The van der Waals surface area contributed by atoms with E-state index < -0.39 is 40.3 Å². The fourth-order valence-electron chi connectivity index (χ4n) is 1.03. The van der Waals surface area contributed by atoms with E-state index in [0.717, 1.165) is 0 Å². The number of hydrogen-bond donors (Lipinski definition) is 1. The number of hydrogen-bond acceptors (Lipinski definition) is 4. The van der Waals surface area contributed by atoms with Crippen molar-refractivity contribution in [3.8, 4) is 5.75 Å². The molecule has 1 aromatic carbocycles. The molecular weight excluding hydrogens is 247 g/mol. The Balaban J connectivity index is 3.37. The molecular formula is C8H4F3NO5. The zero-order chi connectivity index (χ0) is 13.2. The second kappa shape index (κ2) is 4.68. The summed E-state index contributed by atoms with van der Waals surface area (Å²) in [6, 6.07) is 0.796. The number of carboxylic acid groups (broad SMARTS) is 1. The highest BCUT2D eigenvalue weighted by Gasteiger charge is 2.23. The van der Waals surface area contributed by atoms with Gasteiger partial charge in [0.25, 0.3) is 5.69 Å². The summed E-state index contributed by atoms with van der Waals surface area (Å²) in [6.07, 6.45) is 0. The lowest BCUT2D eigenvalue weighted by molar-refractivity contribution is -0.385. The lowest BCUT2D eigenvalue weighted by atomic mass is 10.1. The van der Waals surface area contributed by atoms with Gasteiger partial charge in [-0.2, -0.15) is 8.78 Å². The first-order chi connectivity index (χ1) is 7.82. The standard InChI is InChI=1S/C8H4F3NO5/c9-6-4(7(13)14)1-3(12(15)16)2-5(6)17-8(10)11/h1-2,8H,(H,13,14). The van der Waals surface area contributed by atoms with E-state index in [9.17, 15) is 28.1 Å². The fourth-order valence-corrected chi connectivity index (χ4v) is 1.03. The first kappa shape index (κ1) is 12.7. The smallest absolute Gasteiger partial charge is 0.387 e. The van der Waals surface area contributed by atoms with Gasteiger partial charge in [0.05, 0.1) is 11.0 Å². The number of nitro benzene ring substituents is 1. The second-order valence-corrected chi connectivity index (χ2v) is 2.75. The molecule has 0 aliphatic heterocycles. The van der Waals surface area contributed by atoms with Gasteiger partial charge in [-0.3, -0.25) is 10.1 Å². The predicted molar refractivity (Wildman–Crippen MR) is 46.6 cm³/mol. The van der Waals surface area contributed by atoms with E-state index in [1.54, 1.807) is 0 Å². The number of nitrogens with zero attached hydrogens (tertiary/aromatic N) is 1. The van der Waals surface area contributed by atoms with Gasteiger partial charge in [-0.05, 0) is 0 Å². The van der Waals surface area contributed by atoms with Crippen molar-refractivity contribution >= 4 is 11.7 Å². The van der Waals surface area contributed by atoms with E-state index in [4.69, 9.17) is 5.11 Å². The summed E-state index contributed by atoms with van der Waals surface area (Å²) in [4.78, 5) is 19.8. The molecule has 0 aliphatic rings. The Morgan fingerprint density at radius 2 is 2.06 bits per heavy atom. The maximum atomic E-state index is 13.3. The topological polar surface area (TPSA) is 89.7 Å². The average molecular weight is 251 g/mol. The summed E-state index contributed by atoms with van der Waals surface area (Å²) < 4.78 is 40.6. The van der Waals surface area contributed by atoms with Gasteiger partial charge >= 0.3 is 12.6 Å². The number of carboxylic acids is 1. The monoisotopic (exact) mass is 251 g/mol. The van der Waals surface area contributed by atoms with Crippen molar-refractivity contribution in [1.82, 2.24) is 0 Å². The Kier molecular flexibility index (Phi) is 3.51. The minimum atomic E-state index is -3.42. The molecule has 0 bridgehead atoms. The van der Waals surface area contributed by atoms with E-state index in [2.05, 4.69) is 4.74 Å². The van der Waals surface area contributed by atoms with E-state index in [1.807, 2.05) is 0 Å². The molecule has 1 rings (SSSR count).